The molecule has 0 aliphatic heterocycles. The number of carbonyl (C=O) groups excluding carboxylic acids is 1. The Balaban J connectivity index is 2.11. The van der Waals surface area contributed by atoms with E-state index in [0.717, 1.165) is 18.7 Å². The van der Waals surface area contributed by atoms with E-state index in [4.69, 9.17) is 5.11 Å². The van der Waals surface area contributed by atoms with Gasteiger partial charge in [0, 0.05) is 32.3 Å². The van der Waals surface area contributed by atoms with E-state index in [1.165, 1.54) is 0 Å². The Bertz CT molecular complexity index is 353. The standard InChI is InChI=1S/C11H21N5O2/c1-2-4-13-11(18)3-5-12-8-10-9-16(6-7-17)15-14-10/h9,12,17H,2-8H2,1H3,(H,13,18). The van der Waals surface area contributed by atoms with Crippen molar-refractivity contribution >= 4 is 5.91 Å². The molecule has 3 N–H and O–H groups in total. The third-order valence-corrected chi connectivity index (χ3v) is 2.32. The van der Waals surface area contributed by atoms with E-state index in [1.807, 2.05) is 6.92 Å². The van der Waals surface area contributed by atoms with Crippen molar-refractivity contribution in [2.45, 2.75) is 32.9 Å². The van der Waals surface area contributed by atoms with Crippen LogP contribution in [0.25, 0.3) is 0 Å². The van der Waals surface area contributed by atoms with Crippen LogP contribution in [0, 0.1) is 0 Å². The molecule has 1 heterocycles. The summed E-state index contributed by atoms with van der Waals surface area (Å²) in [6.07, 6.45) is 3.19. The highest BCUT2D eigenvalue weighted by molar-refractivity contribution is 5.75. The third-order valence-electron chi connectivity index (χ3n) is 2.32. The van der Waals surface area contributed by atoms with E-state index in [2.05, 4.69) is 20.9 Å². The molecule has 1 rings (SSSR count). The molecule has 0 spiro atoms. The average molecular weight is 255 g/mol. The number of carbonyl (C=O) groups is 1. The lowest BCUT2D eigenvalue weighted by atomic mass is 10.3. The lowest BCUT2D eigenvalue weighted by molar-refractivity contribution is -0.120. The van der Waals surface area contributed by atoms with E-state index in [1.54, 1.807) is 10.9 Å². The summed E-state index contributed by atoms with van der Waals surface area (Å²) < 4.78 is 1.59. The summed E-state index contributed by atoms with van der Waals surface area (Å²) in [5.74, 6) is 0.0632. The van der Waals surface area contributed by atoms with Crippen LogP contribution in [0.1, 0.15) is 25.5 Å². The average Bonchev–Trinajstić information content (AvgIpc) is 2.80. The molecule has 0 radical (unpaired) electrons. The van der Waals surface area contributed by atoms with Gasteiger partial charge in [-0.05, 0) is 6.42 Å². The van der Waals surface area contributed by atoms with Gasteiger partial charge in [-0.2, -0.15) is 0 Å². The van der Waals surface area contributed by atoms with Gasteiger partial charge in [0.2, 0.25) is 5.91 Å². The number of nitrogens with one attached hydrogen (secondary N) is 2. The van der Waals surface area contributed by atoms with Crippen LogP contribution >= 0.6 is 0 Å². The van der Waals surface area contributed by atoms with Crippen molar-refractivity contribution in [2.75, 3.05) is 19.7 Å². The van der Waals surface area contributed by atoms with Crippen LogP contribution in [0.3, 0.4) is 0 Å². The molecule has 0 aromatic carbocycles. The van der Waals surface area contributed by atoms with Crippen molar-refractivity contribution in [3.63, 3.8) is 0 Å². The normalized spacial score (nSPS) is 10.6. The van der Waals surface area contributed by atoms with Gasteiger partial charge in [0.15, 0.2) is 0 Å². The summed E-state index contributed by atoms with van der Waals surface area (Å²) in [5, 5.41) is 22.5. The van der Waals surface area contributed by atoms with E-state index >= 15 is 0 Å². The molecule has 102 valence electrons. The Hall–Kier alpha value is -1.47. The molecule has 1 amide bonds. The van der Waals surface area contributed by atoms with Gasteiger partial charge in [0.05, 0.1) is 18.8 Å². The SMILES string of the molecule is CCCNC(=O)CCNCc1cn(CCO)nn1. The quantitative estimate of drug-likeness (QED) is 0.506. The fraction of sp³-hybridized carbons (Fsp3) is 0.727. The molecule has 18 heavy (non-hydrogen) atoms. The maximum absolute atomic E-state index is 11.3. The Labute approximate surface area is 107 Å². The van der Waals surface area contributed by atoms with E-state index in [-0.39, 0.29) is 12.5 Å². The molecule has 1 aromatic heterocycles. The molecule has 0 saturated carbocycles. The largest absolute Gasteiger partial charge is 0.394 e. The highest BCUT2D eigenvalue weighted by Gasteiger charge is 2.02. The zero-order valence-corrected chi connectivity index (χ0v) is 10.7. The Morgan fingerprint density at radius 2 is 2.33 bits per heavy atom. The topological polar surface area (TPSA) is 92.1 Å². The number of rotatable bonds is 9. The molecule has 1 aromatic rings. The molecule has 0 fully saturated rings. The van der Waals surface area contributed by atoms with Crippen molar-refractivity contribution < 1.29 is 9.90 Å². The van der Waals surface area contributed by atoms with Gasteiger partial charge in [-0.3, -0.25) is 4.79 Å². The minimum atomic E-state index is 0.0494. The second-order valence-electron chi connectivity index (χ2n) is 3.97. The van der Waals surface area contributed by atoms with Crippen molar-refractivity contribution in [3.8, 4) is 0 Å². The number of aliphatic hydroxyl groups is 1. The van der Waals surface area contributed by atoms with Gasteiger partial charge in [-0.15, -0.1) is 5.10 Å². The number of hydrogen-bond donors (Lipinski definition) is 3. The molecule has 0 atom stereocenters. The fourth-order valence-electron chi connectivity index (χ4n) is 1.40. The second kappa shape index (κ2) is 8.60. The van der Waals surface area contributed by atoms with E-state index < -0.39 is 0 Å². The Morgan fingerprint density at radius 1 is 1.50 bits per heavy atom. The first-order valence-corrected chi connectivity index (χ1v) is 6.23. The molecule has 0 bridgehead atoms. The third kappa shape index (κ3) is 5.74. The maximum Gasteiger partial charge on any atom is 0.221 e. The number of aliphatic hydroxyl groups excluding tert-OH is 1. The zero-order valence-electron chi connectivity index (χ0n) is 10.7. The summed E-state index contributed by atoms with van der Waals surface area (Å²) in [4.78, 5) is 11.3. The van der Waals surface area contributed by atoms with Gasteiger partial charge in [0.25, 0.3) is 0 Å². The van der Waals surface area contributed by atoms with Crippen LogP contribution in [0.15, 0.2) is 6.20 Å². The second-order valence-corrected chi connectivity index (χ2v) is 3.97. The summed E-state index contributed by atoms with van der Waals surface area (Å²) in [7, 11) is 0. The molecule has 0 aliphatic rings. The lowest BCUT2D eigenvalue weighted by Crippen LogP contribution is -2.28. The monoisotopic (exact) mass is 255 g/mol. The van der Waals surface area contributed by atoms with E-state index in [0.29, 0.717) is 26.1 Å². The van der Waals surface area contributed by atoms with Crippen LogP contribution in [0.5, 0.6) is 0 Å². The molecule has 0 aliphatic carbocycles. The van der Waals surface area contributed by atoms with Gasteiger partial charge >= 0.3 is 0 Å². The summed E-state index contributed by atoms with van der Waals surface area (Å²) >= 11 is 0. The predicted octanol–water partition coefficient (Wildman–Crippen LogP) is -0.724. The van der Waals surface area contributed by atoms with Crippen LogP contribution in [0.4, 0.5) is 0 Å². The molecule has 7 nitrogen and oxygen atoms in total. The van der Waals surface area contributed by atoms with Crippen molar-refractivity contribution in [2.24, 2.45) is 0 Å². The molecular weight excluding hydrogens is 234 g/mol. The van der Waals surface area contributed by atoms with Crippen LogP contribution < -0.4 is 10.6 Å². The number of amides is 1. The Kier molecular flexibility index (Phi) is 6.97. The first-order chi connectivity index (χ1) is 8.76. The first-order valence-electron chi connectivity index (χ1n) is 6.23. The number of nitrogens with zero attached hydrogens (tertiary/aromatic N) is 3. The van der Waals surface area contributed by atoms with Gasteiger partial charge < -0.3 is 15.7 Å². The van der Waals surface area contributed by atoms with Crippen LogP contribution in [-0.2, 0) is 17.9 Å². The van der Waals surface area contributed by atoms with Crippen molar-refractivity contribution in [3.05, 3.63) is 11.9 Å². The Morgan fingerprint density at radius 3 is 3.06 bits per heavy atom. The number of aromatic nitrogens is 3. The smallest absolute Gasteiger partial charge is 0.221 e. The lowest BCUT2D eigenvalue weighted by Gasteiger charge is -2.03. The summed E-state index contributed by atoms with van der Waals surface area (Å²) in [6.45, 7) is 4.44. The zero-order chi connectivity index (χ0) is 13.2. The van der Waals surface area contributed by atoms with Gasteiger partial charge in [-0.25, -0.2) is 4.68 Å². The summed E-state index contributed by atoms with van der Waals surface area (Å²) in [6, 6.07) is 0. The summed E-state index contributed by atoms with van der Waals surface area (Å²) in [5.41, 5.74) is 0.803. The fourth-order valence-corrected chi connectivity index (χ4v) is 1.40. The predicted molar refractivity (Wildman–Crippen MR) is 66.7 cm³/mol. The molecule has 0 saturated heterocycles. The van der Waals surface area contributed by atoms with Crippen molar-refractivity contribution in [1.82, 2.24) is 25.6 Å². The van der Waals surface area contributed by atoms with Gasteiger partial charge in [0.1, 0.15) is 0 Å². The highest BCUT2D eigenvalue weighted by Crippen LogP contribution is 1.92. The van der Waals surface area contributed by atoms with Crippen molar-refractivity contribution in [1.29, 1.82) is 0 Å². The van der Waals surface area contributed by atoms with Crippen LogP contribution in [0.2, 0.25) is 0 Å². The first kappa shape index (κ1) is 14.6. The highest BCUT2D eigenvalue weighted by atomic mass is 16.3. The maximum atomic E-state index is 11.3. The minimum absolute atomic E-state index is 0.0494. The van der Waals surface area contributed by atoms with Gasteiger partial charge in [-0.1, -0.05) is 12.1 Å². The number of hydrogen-bond acceptors (Lipinski definition) is 5. The molecule has 7 heteroatoms. The van der Waals surface area contributed by atoms with E-state index in [9.17, 15) is 4.79 Å². The molecular formula is C11H21N5O2. The minimum Gasteiger partial charge on any atom is -0.394 e. The van der Waals surface area contributed by atoms with Crippen LogP contribution in [-0.4, -0.2) is 45.7 Å². The molecule has 0 unspecified atom stereocenters.